The highest BCUT2D eigenvalue weighted by molar-refractivity contribution is 6.40. The largest absolute Gasteiger partial charge is 0.475 e. The van der Waals surface area contributed by atoms with Crippen molar-refractivity contribution in [2.24, 2.45) is 0 Å². The highest BCUT2D eigenvalue weighted by Crippen LogP contribution is 2.24. The summed E-state index contributed by atoms with van der Waals surface area (Å²) in [6.07, 6.45) is 0. The summed E-state index contributed by atoms with van der Waals surface area (Å²) in [6, 6.07) is 0. The highest BCUT2D eigenvalue weighted by atomic mass is 19.2. The van der Waals surface area contributed by atoms with Crippen molar-refractivity contribution >= 4 is 11.8 Å². The van der Waals surface area contributed by atoms with Crippen LogP contribution in [0.5, 0.6) is 0 Å². The van der Waals surface area contributed by atoms with Crippen molar-refractivity contribution in [3.63, 3.8) is 0 Å². The number of Topliss-reactive ketones (excluding diaryl/α,β-unsaturated/α-hetero) is 1. The Morgan fingerprint density at radius 2 is 1.38 bits per heavy atom. The number of ketones is 1. The normalized spacial score (nSPS) is 10.3. The topological polar surface area (TPSA) is 54.4 Å². The third kappa shape index (κ3) is 1.66. The van der Waals surface area contributed by atoms with Gasteiger partial charge < -0.3 is 5.11 Å². The molecule has 0 heterocycles. The molecule has 3 nitrogen and oxygen atoms in total. The maximum atomic E-state index is 13.4. The van der Waals surface area contributed by atoms with Crippen molar-refractivity contribution in [1.29, 1.82) is 0 Å². The Morgan fingerprint density at radius 1 is 0.938 bits per heavy atom. The SMILES string of the molecule is Cc1c(C)c(F)c(C(=O)C(=O)O)c(F)c1F. The maximum Gasteiger partial charge on any atom is 0.377 e. The second-order valence-electron chi connectivity index (χ2n) is 3.20. The first-order valence-electron chi connectivity index (χ1n) is 4.20. The molecule has 0 aromatic heterocycles. The lowest BCUT2D eigenvalue weighted by Gasteiger charge is -2.08. The number of hydrogen-bond acceptors (Lipinski definition) is 2. The van der Waals surface area contributed by atoms with E-state index < -0.39 is 34.8 Å². The van der Waals surface area contributed by atoms with E-state index in [1.54, 1.807) is 0 Å². The van der Waals surface area contributed by atoms with Crippen molar-refractivity contribution in [3.05, 3.63) is 34.1 Å². The van der Waals surface area contributed by atoms with E-state index >= 15 is 0 Å². The van der Waals surface area contributed by atoms with Gasteiger partial charge in [0.25, 0.3) is 5.78 Å². The van der Waals surface area contributed by atoms with Gasteiger partial charge in [-0.15, -0.1) is 0 Å². The van der Waals surface area contributed by atoms with Gasteiger partial charge in [-0.2, -0.15) is 0 Å². The van der Waals surface area contributed by atoms with Gasteiger partial charge in [0.1, 0.15) is 11.4 Å². The summed E-state index contributed by atoms with van der Waals surface area (Å²) in [4.78, 5) is 21.3. The van der Waals surface area contributed by atoms with Gasteiger partial charge in [-0.25, -0.2) is 18.0 Å². The molecule has 1 aromatic rings. The number of rotatable bonds is 2. The summed E-state index contributed by atoms with van der Waals surface area (Å²) in [5.74, 6) is -8.38. The molecule has 0 unspecified atom stereocenters. The first kappa shape index (κ1) is 12.2. The van der Waals surface area contributed by atoms with Crippen LogP contribution in [-0.4, -0.2) is 16.9 Å². The minimum absolute atomic E-state index is 0.288. The van der Waals surface area contributed by atoms with E-state index in [2.05, 4.69) is 0 Å². The molecular weight excluding hydrogens is 225 g/mol. The fourth-order valence-electron chi connectivity index (χ4n) is 1.19. The zero-order valence-electron chi connectivity index (χ0n) is 8.40. The van der Waals surface area contributed by atoms with Gasteiger partial charge in [0.05, 0.1) is 0 Å². The van der Waals surface area contributed by atoms with Crippen LogP contribution in [-0.2, 0) is 4.79 Å². The molecule has 16 heavy (non-hydrogen) atoms. The molecule has 0 atom stereocenters. The summed E-state index contributed by atoms with van der Waals surface area (Å²) >= 11 is 0. The van der Waals surface area contributed by atoms with E-state index in [-0.39, 0.29) is 11.1 Å². The average Bonchev–Trinajstić information content (AvgIpc) is 2.23. The van der Waals surface area contributed by atoms with Crippen molar-refractivity contribution in [1.82, 2.24) is 0 Å². The molecule has 0 aliphatic carbocycles. The van der Waals surface area contributed by atoms with E-state index in [0.29, 0.717) is 0 Å². The fraction of sp³-hybridized carbons (Fsp3) is 0.200. The van der Waals surface area contributed by atoms with Gasteiger partial charge in [0.15, 0.2) is 11.6 Å². The third-order valence-electron chi connectivity index (χ3n) is 2.27. The van der Waals surface area contributed by atoms with Crippen molar-refractivity contribution in [3.8, 4) is 0 Å². The Hall–Kier alpha value is -1.85. The van der Waals surface area contributed by atoms with Crippen LogP contribution in [0.3, 0.4) is 0 Å². The Balaban J connectivity index is 3.64. The zero-order chi connectivity index (χ0) is 12.6. The molecule has 1 aromatic carbocycles. The molecule has 86 valence electrons. The van der Waals surface area contributed by atoms with Gasteiger partial charge in [-0.1, -0.05) is 0 Å². The van der Waals surface area contributed by atoms with Crippen LogP contribution >= 0.6 is 0 Å². The molecule has 6 heteroatoms. The van der Waals surface area contributed by atoms with Gasteiger partial charge in [0.2, 0.25) is 0 Å². The number of halogens is 3. The van der Waals surface area contributed by atoms with E-state index in [9.17, 15) is 22.8 Å². The Morgan fingerprint density at radius 3 is 1.81 bits per heavy atom. The molecule has 0 amide bonds. The number of carbonyl (C=O) groups excluding carboxylic acids is 1. The molecule has 1 rings (SSSR count). The number of carboxylic acid groups (broad SMARTS) is 1. The van der Waals surface area contributed by atoms with Crippen LogP contribution in [0.4, 0.5) is 13.2 Å². The van der Waals surface area contributed by atoms with E-state index in [0.717, 1.165) is 13.8 Å². The Labute approximate surface area is 88.5 Å². The van der Waals surface area contributed by atoms with Gasteiger partial charge in [-0.05, 0) is 25.0 Å². The van der Waals surface area contributed by atoms with Crippen LogP contribution in [0.15, 0.2) is 0 Å². The second-order valence-corrected chi connectivity index (χ2v) is 3.20. The van der Waals surface area contributed by atoms with Crippen LogP contribution in [0.1, 0.15) is 21.5 Å². The number of hydrogen-bond donors (Lipinski definition) is 1. The van der Waals surface area contributed by atoms with Gasteiger partial charge in [0, 0.05) is 0 Å². The molecule has 0 aliphatic rings. The minimum Gasteiger partial charge on any atom is -0.475 e. The molecule has 0 fully saturated rings. The summed E-state index contributed by atoms with van der Waals surface area (Å²) in [7, 11) is 0. The minimum atomic E-state index is -2.04. The van der Waals surface area contributed by atoms with Crippen LogP contribution < -0.4 is 0 Å². The van der Waals surface area contributed by atoms with Crippen LogP contribution in [0.25, 0.3) is 0 Å². The molecule has 0 saturated carbocycles. The summed E-state index contributed by atoms with van der Waals surface area (Å²) < 4.78 is 39.8. The Kier molecular flexibility index (Phi) is 3.02. The second kappa shape index (κ2) is 3.96. The lowest BCUT2D eigenvalue weighted by atomic mass is 10.0. The summed E-state index contributed by atoms with van der Waals surface area (Å²) in [5.41, 5.74) is -1.95. The molecule has 1 N–H and O–H groups in total. The van der Waals surface area contributed by atoms with Crippen molar-refractivity contribution in [2.45, 2.75) is 13.8 Å². The van der Waals surface area contributed by atoms with Crippen LogP contribution in [0.2, 0.25) is 0 Å². The van der Waals surface area contributed by atoms with Crippen molar-refractivity contribution < 1.29 is 27.9 Å². The lowest BCUT2D eigenvalue weighted by Crippen LogP contribution is -2.19. The molecule has 0 aliphatic heterocycles. The predicted molar refractivity (Wildman–Crippen MR) is 47.8 cm³/mol. The molecule has 0 saturated heterocycles. The van der Waals surface area contributed by atoms with Gasteiger partial charge >= 0.3 is 5.97 Å². The van der Waals surface area contributed by atoms with Crippen molar-refractivity contribution in [2.75, 3.05) is 0 Å². The van der Waals surface area contributed by atoms with Gasteiger partial charge in [-0.3, -0.25) is 4.79 Å². The summed E-state index contributed by atoms with van der Waals surface area (Å²) in [6.45, 7) is 2.26. The molecule has 0 bridgehead atoms. The average molecular weight is 232 g/mol. The maximum absolute atomic E-state index is 13.4. The number of aliphatic carboxylic acids is 1. The quantitative estimate of drug-likeness (QED) is 0.482. The highest BCUT2D eigenvalue weighted by Gasteiger charge is 2.29. The number of carboxylic acids is 1. The standard InChI is InChI=1S/C10H7F3O3/c1-3-4(2)7(12)8(13)5(6(3)11)9(14)10(15)16/h1-2H3,(H,15,16). The zero-order valence-corrected chi connectivity index (χ0v) is 8.40. The first-order chi connectivity index (χ1) is 7.29. The van der Waals surface area contributed by atoms with E-state index in [4.69, 9.17) is 5.11 Å². The fourth-order valence-corrected chi connectivity index (χ4v) is 1.19. The van der Waals surface area contributed by atoms with E-state index in [1.807, 2.05) is 0 Å². The predicted octanol–water partition coefficient (Wildman–Crippen LogP) is 1.99. The third-order valence-corrected chi connectivity index (χ3v) is 2.27. The van der Waals surface area contributed by atoms with Crippen LogP contribution in [0, 0.1) is 31.3 Å². The molecule has 0 spiro atoms. The summed E-state index contributed by atoms with van der Waals surface area (Å²) in [5, 5.41) is 8.33. The number of benzene rings is 1. The lowest BCUT2D eigenvalue weighted by molar-refractivity contribution is -0.131. The van der Waals surface area contributed by atoms with E-state index in [1.165, 1.54) is 0 Å². The number of carbonyl (C=O) groups is 2. The Bertz CT molecular complexity index is 466. The molecular formula is C10H7F3O3. The monoisotopic (exact) mass is 232 g/mol. The first-order valence-corrected chi connectivity index (χ1v) is 4.20. The smallest absolute Gasteiger partial charge is 0.377 e. The molecule has 0 radical (unpaired) electrons.